The second-order valence-electron chi connectivity index (χ2n) is 7.01. The van der Waals surface area contributed by atoms with Gasteiger partial charge >= 0.3 is 0 Å². The molecule has 1 saturated heterocycles. The third-order valence-electron chi connectivity index (χ3n) is 5.50. The minimum Gasteiger partial charge on any atom is -0.352 e. The number of hydrogen-bond donors (Lipinski definition) is 0. The van der Waals surface area contributed by atoms with Crippen LogP contribution < -0.4 is 0 Å². The molecule has 24 heavy (non-hydrogen) atoms. The Bertz CT molecular complexity index is 689. The smallest absolute Gasteiger partial charge is 0.205 e. The summed E-state index contributed by atoms with van der Waals surface area (Å²) in [5.41, 5.74) is 1.73. The highest BCUT2D eigenvalue weighted by atomic mass is 16.5. The van der Waals surface area contributed by atoms with Gasteiger partial charge in [-0.15, -0.1) is 0 Å². The monoisotopic (exact) mass is 324 g/mol. The van der Waals surface area contributed by atoms with E-state index >= 15 is 0 Å². The fourth-order valence-corrected chi connectivity index (χ4v) is 4.25. The van der Waals surface area contributed by atoms with E-state index in [1.54, 1.807) is 0 Å². The van der Waals surface area contributed by atoms with Crippen LogP contribution in [-0.2, 0) is 0 Å². The zero-order valence-electron chi connectivity index (χ0n) is 14.0. The lowest BCUT2D eigenvalue weighted by Gasteiger charge is -2.36. The largest absolute Gasteiger partial charge is 0.352 e. The highest BCUT2D eigenvalue weighted by Crippen LogP contribution is 2.33. The Morgan fingerprint density at radius 3 is 2.58 bits per heavy atom. The molecule has 2 atom stereocenters. The molecule has 2 fully saturated rings. The number of carbonyl (C=O) groups is 1. The maximum absolute atomic E-state index is 13.1. The van der Waals surface area contributed by atoms with Gasteiger partial charge in [-0.25, -0.2) is 0 Å². The molecule has 0 radical (unpaired) electrons. The number of ketones is 1. The van der Waals surface area contributed by atoms with Crippen molar-refractivity contribution < 1.29 is 9.32 Å². The predicted molar refractivity (Wildman–Crippen MR) is 92.8 cm³/mol. The van der Waals surface area contributed by atoms with Gasteiger partial charge in [-0.1, -0.05) is 48.3 Å². The zero-order valence-corrected chi connectivity index (χ0v) is 14.0. The summed E-state index contributed by atoms with van der Waals surface area (Å²) in [7, 11) is 0. The molecule has 4 nitrogen and oxygen atoms in total. The number of hydrogen-bond acceptors (Lipinski definition) is 4. The van der Waals surface area contributed by atoms with Crippen molar-refractivity contribution >= 4 is 5.78 Å². The van der Waals surface area contributed by atoms with Gasteiger partial charge in [-0.3, -0.25) is 9.69 Å². The number of Topliss-reactive ketones (excluding diaryl/α,β-unsaturated/α-hetero) is 1. The van der Waals surface area contributed by atoms with Crippen LogP contribution in [0.5, 0.6) is 0 Å². The molecule has 2 heterocycles. The summed E-state index contributed by atoms with van der Waals surface area (Å²) in [6.45, 7) is 2.28. The van der Waals surface area contributed by atoms with Crippen LogP contribution in [0.3, 0.4) is 0 Å². The minimum atomic E-state index is 0.0634. The molecule has 0 N–H and O–H groups in total. The average Bonchev–Trinajstić information content (AvgIpc) is 3.34. The average molecular weight is 324 g/mol. The van der Waals surface area contributed by atoms with Gasteiger partial charge in [-0.05, 0) is 38.8 Å². The Morgan fingerprint density at radius 2 is 1.79 bits per heavy atom. The normalized spacial score (nSPS) is 25.0. The molecular formula is C20H24N2O2. The van der Waals surface area contributed by atoms with Crippen LogP contribution in [0.25, 0.3) is 11.3 Å². The van der Waals surface area contributed by atoms with Crippen molar-refractivity contribution in [3.05, 3.63) is 42.2 Å². The molecular weight excluding hydrogens is 300 g/mol. The van der Waals surface area contributed by atoms with Gasteiger partial charge in [-0.2, -0.15) is 0 Å². The summed E-state index contributed by atoms with van der Waals surface area (Å²) >= 11 is 0. The highest BCUT2D eigenvalue weighted by Gasteiger charge is 2.37. The van der Waals surface area contributed by atoms with Gasteiger partial charge in [0.05, 0.1) is 0 Å². The maximum atomic E-state index is 13.1. The van der Waals surface area contributed by atoms with Crippen molar-refractivity contribution in [2.75, 3.05) is 13.1 Å². The lowest BCUT2D eigenvalue weighted by Crippen LogP contribution is -2.44. The van der Waals surface area contributed by atoms with Crippen LogP contribution in [0.1, 0.15) is 49.1 Å². The van der Waals surface area contributed by atoms with Gasteiger partial charge in [0.15, 0.2) is 0 Å². The van der Waals surface area contributed by atoms with Crippen molar-refractivity contribution in [2.24, 2.45) is 5.92 Å². The van der Waals surface area contributed by atoms with Crippen LogP contribution in [0, 0.1) is 5.92 Å². The molecule has 126 valence electrons. The molecule has 0 bridgehead atoms. The zero-order chi connectivity index (χ0) is 16.4. The van der Waals surface area contributed by atoms with E-state index < -0.39 is 0 Å². The first-order valence-corrected chi connectivity index (χ1v) is 9.13. The van der Waals surface area contributed by atoms with E-state index in [1.807, 2.05) is 36.4 Å². The first-order valence-electron chi connectivity index (χ1n) is 9.13. The van der Waals surface area contributed by atoms with Crippen LogP contribution in [0.2, 0.25) is 0 Å². The number of likely N-dealkylation sites (tertiary alicyclic amines) is 1. The number of rotatable bonds is 4. The van der Waals surface area contributed by atoms with Crippen molar-refractivity contribution in [1.82, 2.24) is 10.1 Å². The minimum absolute atomic E-state index is 0.0634. The Labute approximate surface area is 142 Å². The summed E-state index contributed by atoms with van der Waals surface area (Å²) in [6.07, 6.45) is 7.00. The Morgan fingerprint density at radius 1 is 1.04 bits per heavy atom. The van der Waals surface area contributed by atoms with Gasteiger partial charge in [0.1, 0.15) is 5.69 Å². The molecule has 4 heteroatoms. The molecule has 2 aliphatic rings. The summed E-state index contributed by atoms with van der Waals surface area (Å²) in [4.78, 5) is 15.6. The molecule has 0 amide bonds. The highest BCUT2D eigenvalue weighted by molar-refractivity contribution is 5.96. The maximum Gasteiger partial charge on any atom is 0.205 e. The SMILES string of the molecule is O=C(c1cc(-c2ccccc2)no1)C1CCCCC1N1CCCC1. The molecule has 0 spiro atoms. The molecule has 2 unspecified atom stereocenters. The van der Waals surface area contributed by atoms with E-state index in [1.165, 1.54) is 19.3 Å². The fourth-order valence-electron chi connectivity index (χ4n) is 4.25. The molecule has 2 aromatic rings. The van der Waals surface area contributed by atoms with E-state index in [2.05, 4.69) is 10.1 Å². The lowest BCUT2D eigenvalue weighted by molar-refractivity contribution is 0.0687. The molecule has 1 aliphatic carbocycles. The third-order valence-corrected chi connectivity index (χ3v) is 5.50. The van der Waals surface area contributed by atoms with Gasteiger partial charge in [0, 0.05) is 23.6 Å². The molecule has 1 aromatic carbocycles. The first-order chi connectivity index (χ1) is 11.8. The number of aromatic nitrogens is 1. The molecule has 1 aromatic heterocycles. The van der Waals surface area contributed by atoms with E-state index in [4.69, 9.17) is 4.52 Å². The number of carbonyl (C=O) groups excluding carboxylic acids is 1. The van der Waals surface area contributed by atoms with Crippen LogP contribution in [-0.4, -0.2) is 35.0 Å². The van der Waals surface area contributed by atoms with Crippen LogP contribution >= 0.6 is 0 Å². The fraction of sp³-hybridized carbons (Fsp3) is 0.500. The second-order valence-corrected chi connectivity index (χ2v) is 7.01. The lowest BCUT2D eigenvalue weighted by atomic mass is 9.80. The van der Waals surface area contributed by atoms with Gasteiger partial charge < -0.3 is 4.52 Å². The van der Waals surface area contributed by atoms with Crippen molar-refractivity contribution in [3.63, 3.8) is 0 Å². The Balaban J connectivity index is 1.54. The second kappa shape index (κ2) is 6.89. The molecule has 4 rings (SSSR count). The summed E-state index contributed by atoms with van der Waals surface area (Å²) in [5, 5.41) is 4.12. The predicted octanol–water partition coefficient (Wildman–Crippen LogP) is 4.18. The Kier molecular flexibility index (Phi) is 4.48. The van der Waals surface area contributed by atoms with E-state index in [0.29, 0.717) is 11.8 Å². The van der Waals surface area contributed by atoms with Crippen molar-refractivity contribution in [2.45, 2.75) is 44.6 Å². The van der Waals surface area contributed by atoms with Crippen LogP contribution in [0.15, 0.2) is 40.9 Å². The van der Waals surface area contributed by atoms with Gasteiger partial charge in [0.25, 0.3) is 0 Å². The topological polar surface area (TPSA) is 46.3 Å². The summed E-state index contributed by atoms with van der Waals surface area (Å²) in [5.74, 6) is 0.625. The number of nitrogens with zero attached hydrogens (tertiary/aromatic N) is 2. The number of benzene rings is 1. The third kappa shape index (κ3) is 3.03. The van der Waals surface area contributed by atoms with E-state index in [9.17, 15) is 4.79 Å². The Hall–Kier alpha value is -1.94. The standard InChI is InChI=1S/C20H24N2O2/c23-20(16-10-4-5-11-18(16)22-12-6-7-13-22)19-14-17(21-24-19)15-8-2-1-3-9-15/h1-3,8-9,14,16,18H,4-7,10-13H2. The molecule has 1 saturated carbocycles. The first kappa shape index (κ1) is 15.6. The van der Waals surface area contributed by atoms with Crippen LogP contribution in [0.4, 0.5) is 0 Å². The van der Waals surface area contributed by atoms with Crippen molar-refractivity contribution in [3.8, 4) is 11.3 Å². The summed E-state index contributed by atoms with van der Waals surface area (Å²) < 4.78 is 5.43. The quantitative estimate of drug-likeness (QED) is 0.792. The van der Waals surface area contributed by atoms with Gasteiger partial charge in [0.2, 0.25) is 11.5 Å². The van der Waals surface area contributed by atoms with Crippen molar-refractivity contribution in [1.29, 1.82) is 0 Å². The van der Waals surface area contributed by atoms with E-state index in [-0.39, 0.29) is 11.7 Å². The summed E-state index contributed by atoms with van der Waals surface area (Å²) in [6, 6.07) is 12.1. The van der Waals surface area contributed by atoms with E-state index in [0.717, 1.165) is 43.6 Å². The molecule has 1 aliphatic heterocycles.